The largest absolute Gasteiger partial charge is 0.381 e. The molecular formula is C7H12NO. The second-order valence-corrected chi connectivity index (χ2v) is 3.09. The Morgan fingerprint density at radius 2 is 1.78 bits per heavy atom. The molecule has 1 radical (unpaired) electrons. The van der Waals surface area contributed by atoms with Crippen molar-refractivity contribution in [3.8, 4) is 0 Å². The van der Waals surface area contributed by atoms with Gasteiger partial charge in [0.2, 0.25) is 0 Å². The molecule has 0 aromatic rings. The lowest BCUT2D eigenvalue weighted by atomic mass is 9.90. The van der Waals surface area contributed by atoms with Gasteiger partial charge in [-0.25, -0.2) is 5.32 Å². The summed E-state index contributed by atoms with van der Waals surface area (Å²) in [5.74, 6) is 1.52. The monoisotopic (exact) mass is 126 g/mol. The summed E-state index contributed by atoms with van der Waals surface area (Å²) < 4.78 is 5.38. The number of rotatable bonds is 0. The number of hydrogen-bond acceptors (Lipinski definition) is 1. The summed E-state index contributed by atoms with van der Waals surface area (Å²) >= 11 is 0. The zero-order chi connectivity index (χ0) is 6.10. The third kappa shape index (κ3) is 1.10. The first-order valence-corrected chi connectivity index (χ1v) is 3.66. The quantitative estimate of drug-likeness (QED) is 0.456. The van der Waals surface area contributed by atoms with Crippen LogP contribution in [0.3, 0.4) is 0 Å². The van der Waals surface area contributed by atoms with E-state index in [0.29, 0.717) is 0 Å². The van der Waals surface area contributed by atoms with E-state index in [2.05, 4.69) is 5.32 Å². The van der Waals surface area contributed by atoms with Gasteiger partial charge in [-0.1, -0.05) is 0 Å². The Bertz CT molecular complexity index is 85.1. The van der Waals surface area contributed by atoms with Crippen LogP contribution in [0.25, 0.3) is 0 Å². The molecule has 2 rings (SSSR count). The minimum Gasteiger partial charge on any atom is -0.381 e. The molecule has 2 bridgehead atoms. The number of piperidine rings is 1. The summed E-state index contributed by atoms with van der Waals surface area (Å²) in [6.07, 6.45) is 1.36. The predicted molar refractivity (Wildman–Crippen MR) is 34.3 cm³/mol. The van der Waals surface area contributed by atoms with E-state index in [0.717, 1.165) is 38.1 Å². The van der Waals surface area contributed by atoms with Crippen molar-refractivity contribution in [3.05, 3.63) is 0 Å². The Kier molecular flexibility index (Phi) is 1.44. The van der Waals surface area contributed by atoms with Crippen molar-refractivity contribution in [1.82, 2.24) is 5.32 Å². The Morgan fingerprint density at radius 3 is 2.33 bits per heavy atom. The van der Waals surface area contributed by atoms with Gasteiger partial charge >= 0.3 is 0 Å². The van der Waals surface area contributed by atoms with Crippen molar-refractivity contribution >= 4 is 0 Å². The van der Waals surface area contributed by atoms with Gasteiger partial charge in [0.15, 0.2) is 0 Å². The molecule has 2 nitrogen and oxygen atoms in total. The fourth-order valence-electron chi connectivity index (χ4n) is 1.70. The molecule has 2 atom stereocenters. The molecule has 0 N–H and O–H groups in total. The first-order chi connectivity index (χ1) is 4.45. The van der Waals surface area contributed by atoms with Gasteiger partial charge in [0.1, 0.15) is 0 Å². The molecule has 2 aliphatic rings. The van der Waals surface area contributed by atoms with Crippen LogP contribution in [0.2, 0.25) is 0 Å². The molecule has 0 aliphatic carbocycles. The van der Waals surface area contributed by atoms with Crippen LogP contribution in [0.4, 0.5) is 0 Å². The standard InChI is InChI=1S/C7H12NO/c1-6-2-8-3-7(1)5-9-4-6/h6-7H,1-5H2. The van der Waals surface area contributed by atoms with E-state index in [1.165, 1.54) is 6.42 Å². The smallest absolute Gasteiger partial charge is 0.0507 e. The van der Waals surface area contributed by atoms with Crippen LogP contribution in [-0.4, -0.2) is 26.3 Å². The zero-order valence-corrected chi connectivity index (χ0v) is 5.55. The van der Waals surface area contributed by atoms with E-state index >= 15 is 0 Å². The van der Waals surface area contributed by atoms with Gasteiger partial charge in [-0.05, 0) is 18.3 Å². The molecule has 2 unspecified atom stereocenters. The summed E-state index contributed by atoms with van der Waals surface area (Å²) in [5, 5.41) is 4.38. The zero-order valence-electron chi connectivity index (χ0n) is 5.55. The SMILES string of the molecule is C1[N]CC2COCC1C2. The van der Waals surface area contributed by atoms with Gasteiger partial charge in [-0.2, -0.15) is 0 Å². The average Bonchev–Trinajstić information content (AvgIpc) is 1.88. The van der Waals surface area contributed by atoms with Crippen molar-refractivity contribution in [1.29, 1.82) is 0 Å². The molecule has 2 heteroatoms. The van der Waals surface area contributed by atoms with Crippen LogP contribution < -0.4 is 5.32 Å². The predicted octanol–water partition coefficient (Wildman–Crippen LogP) is 0.257. The highest BCUT2D eigenvalue weighted by Crippen LogP contribution is 2.22. The van der Waals surface area contributed by atoms with Gasteiger partial charge < -0.3 is 4.74 Å². The molecule has 0 amide bonds. The van der Waals surface area contributed by atoms with E-state index in [1.807, 2.05) is 0 Å². The lowest BCUT2D eigenvalue weighted by Crippen LogP contribution is -2.40. The summed E-state index contributed by atoms with van der Waals surface area (Å²) in [5.41, 5.74) is 0. The van der Waals surface area contributed by atoms with Crippen molar-refractivity contribution in [2.24, 2.45) is 11.8 Å². The van der Waals surface area contributed by atoms with Crippen molar-refractivity contribution in [3.63, 3.8) is 0 Å². The highest BCUT2D eigenvalue weighted by Gasteiger charge is 2.26. The maximum absolute atomic E-state index is 5.38. The molecule has 2 saturated heterocycles. The topological polar surface area (TPSA) is 23.3 Å². The second kappa shape index (κ2) is 2.27. The van der Waals surface area contributed by atoms with Crippen LogP contribution >= 0.6 is 0 Å². The van der Waals surface area contributed by atoms with Gasteiger partial charge in [-0.3, -0.25) is 0 Å². The molecule has 0 aromatic heterocycles. The Labute approximate surface area is 55.6 Å². The van der Waals surface area contributed by atoms with Crippen molar-refractivity contribution in [2.75, 3.05) is 26.3 Å². The van der Waals surface area contributed by atoms with Crippen LogP contribution in [0.1, 0.15) is 6.42 Å². The number of fused-ring (bicyclic) bond motifs is 2. The minimum absolute atomic E-state index is 0.762. The summed E-state index contributed by atoms with van der Waals surface area (Å²) in [6, 6.07) is 0. The van der Waals surface area contributed by atoms with Crippen molar-refractivity contribution < 1.29 is 4.74 Å². The molecule has 2 heterocycles. The van der Waals surface area contributed by atoms with Gasteiger partial charge in [0, 0.05) is 13.1 Å². The lowest BCUT2D eigenvalue weighted by molar-refractivity contribution is -0.00222. The average molecular weight is 126 g/mol. The first-order valence-electron chi connectivity index (χ1n) is 3.66. The molecule has 51 valence electrons. The van der Waals surface area contributed by atoms with Gasteiger partial charge in [0.25, 0.3) is 0 Å². The lowest BCUT2D eigenvalue weighted by Gasteiger charge is -2.33. The molecule has 0 spiro atoms. The third-order valence-corrected chi connectivity index (χ3v) is 2.15. The first kappa shape index (κ1) is 5.69. The van der Waals surface area contributed by atoms with Crippen LogP contribution in [0.5, 0.6) is 0 Å². The maximum Gasteiger partial charge on any atom is 0.0507 e. The van der Waals surface area contributed by atoms with Crippen LogP contribution in [-0.2, 0) is 4.74 Å². The molecule has 2 fully saturated rings. The highest BCUT2D eigenvalue weighted by atomic mass is 16.5. The Balaban J connectivity index is 1.96. The van der Waals surface area contributed by atoms with E-state index in [1.54, 1.807) is 0 Å². The number of nitrogens with zero attached hydrogens (tertiary/aromatic N) is 1. The minimum atomic E-state index is 0.762. The van der Waals surface area contributed by atoms with Crippen LogP contribution in [0, 0.1) is 11.8 Å². The van der Waals surface area contributed by atoms with E-state index in [9.17, 15) is 0 Å². The van der Waals surface area contributed by atoms with E-state index in [4.69, 9.17) is 4.74 Å². The molecule has 2 aliphatic heterocycles. The molecular weight excluding hydrogens is 114 g/mol. The Hall–Kier alpha value is -0.0800. The van der Waals surface area contributed by atoms with Gasteiger partial charge in [-0.15, -0.1) is 0 Å². The molecule has 0 saturated carbocycles. The summed E-state index contributed by atoms with van der Waals surface area (Å²) in [6.45, 7) is 4.02. The molecule has 9 heavy (non-hydrogen) atoms. The van der Waals surface area contributed by atoms with E-state index < -0.39 is 0 Å². The second-order valence-electron chi connectivity index (χ2n) is 3.09. The van der Waals surface area contributed by atoms with Crippen molar-refractivity contribution in [2.45, 2.75) is 6.42 Å². The number of hydrogen-bond donors (Lipinski definition) is 0. The Morgan fingerprint density at radius 1 is 1.11 bits per heavy atom. The van der Waals surface area contributed by atoms with Crippen LogP contribution in [0.15, 0.2) is 0 Å². The van der Waals surface area contributed by atoms with E-state index in [-0.39, 0.29) is 0 Å². The maximum atomic E-state index is 5.38. The fraction of sp³-hybridized carbons (Fsp3) is 1.00. The highest BCUT2D eigenvalue weighted by molar-refractivity contribution is 4.78. The van der Waals surface area contributed by atoms with Gasteiger partial charge in [0.05, 0.1) is 13.2 Å². The normalized spacial score (nSPS) is 42.7. The molecule has 0 aromatic carbocycles. The summed E-state index contributed by atoms with van der Waals surface area (Å²) in [4.78, 5) is 0. The third-order valence-electron chi connectivity index (χ3n) is 2.15. The number of ether oxygens (including phenoxy) is 1. The summed E-state index contributed by atoms with van der Waals surface area (Å²) in [7, 11) is 0. The fourth-order valence-corrected chi connectivity index (χ4v) is 1.70.